The Morgan fingerprint density at radius 3 is 2.59 bits per heavy atom. The lowest BCUT2D eigenvalue weighted by Gasteiger charge is -2.33. The fourth-order valence-electron chi connectivity index (χ4n) is 1.75. The minimum Gasteiger partial charge on any atom is -0.467 e. The minimum atomic E-state index is -0.741. The van der Waals surface area contributed by atoms with Gasteiger partial charge in [-0.25, -0.2) is 4.79 Å². The molecule has 0 N–H and O–H groups in total. The van der Waals surface area contributed by atoms with Crippen LogP contribution >= 0.6 is 0 Å². The third-order valence-corrected chi connectivity index (χ3v) is 2.40. The first-order valence-corrected chi connectivity index (χ1v) is 5.59. The van der Waals surface area contributed by atoms with Gasteiger partial charge in [0.15, 0.2) is 12.4 Å². The maximum atomic E-state index is 11.4. The molecular weight excluding hydrogens is 228 g/mol. The van der Waals surface area contributed by atoms with Gasteiger partial charge in [0.05, 0.1) is 7.11 Å². The normalized spacial score (nSPS) is 28.5. The van der Waals surface area contributed by atoms with Crippen molar-refractivity contribution in [1.29, 1.82) is 0 Å². The number of hydrogen-bond acceptors (Lipinski definition) is 6. The Morgan fingerprint density at radius 2 is 2.06 bits per heavy atom. The summed E-state index contributed by atoms with van der Waals surface area (Å²) >= 11 is 0. The molecule has 0 aromatic carbocycles. The SMILES string of the molecule is CCO[C@H]1C[C@@H](OC(C)=O)C[C@@H](C(=O)OC)O1. The quantitative estimate of drug-likeness (QED) is 0.678. The molecule has 0 aliphatic carbocycles. The molecule has 3 atom stereocenters. The van der Waals surface area contributed by atoms with Crippen LogP contribution in [0.5, 0.6) is 0 Å². The molecule has 1 aliphatic rings. The Kier molecular flexibility index (Phi) is 5.37. The van der Waals surface area contributed by atoms with Crippen LogP contribution in [0.25, 0.3) is 0 Å². The monoisotopic (exact) mass is 246 g/mol. The average Bonchev–Trinajstić information content (AvgIpc) is 2.27. The molecule has 1 rings (SSSR count). The molecule has 0 radical (unpaired) electrons. The van der Waals surface area contributed by atoms with E-state index < -0.39 is 18.4 Å². The van der Waals surface area contributed by atoms with Crippen LogP contribution in [0.1, 0.15) is 26.7 Å². The highest BCUT2D eigenvalue weighted by molar-refractivity contribution is 5.74. The number of hydrogen-bond donors (Lipinski definition) is 0. The fraction of sp³-hybridized carbons (Fsp3) is 0.818. The largest absolute Gasteiger partial charge is 0.467 e. The smallest absolute Gasteiger partial charge is 0.335 e. The lowest BCUT2D eigenvalue weighted by molar-refractivity contribution is -0.226. The number of methoxy groups -OCH3 is 1. The van der Waals surface area contributed by atoms with Crippen LogP contribution in [-0.4, -0.2) is 44.2 Å². The molecule has 1 heterocycles. The molecule has 0 amide bonds. The molecule has 17 heavy (non-hydrogen) atoms. The van der Waals surface area contributed by atoms with Crippen LogP contribution in [-0.2, 0) is 28.5 Å². The van der Waals surface area contributed by atoms with Gasteiger partial charge in [0, 0.05) is 26.4 Å². The van der Waals surface area contributed by atoms with Gasteiger partial charge >= 0.3 is 11.9 Å². The van der Waals surface area contributed by atoms with E-state index in [4.69, 9.17) is 14.2 Å². The van der Waals surface area contributed by atoms with E-state index >= 15 is 0 Å². The van der Waals surface area contributed by atoms with Crippen LogP contribution in [0.15, 0.2) is 0 Å². The first kappa shape index (κ1) is 13.9. The van der Waals surface area contributed by atoms with E-state index in [0.717, 1.165) is 0 Å². The van der Waals surface area contributed by atoms with Gasteiger partial charge in [-0.15, -0.1) is 0 Å². The van der Waals surface area contributed by atoms with E-state index in [-0.39, 0.29) is 12.1 Å². The standard InChI is InChI=1S/C11H18O6/c1-4-15-10-6-8(16-7(2)12)5-9(17-10)11(13)14-3/h8-10H,4-6H2,1-3H3/t8-,9-,10+/m0/s1. The predicted octanol–water partition coefficient (Wildman–Crippen LogP) is 0.633. The zero-order valence-corrected chi connectivity index (χ0v) is 10.3. The summed E-state index contributed by atoms with van der Waals surface area (Å²) in [6.07, 6.45) is -0.921. The van der Waals surface area contributed by atoms with Crippen molar-refractivity contribution in [3.63, 3.8) is 0 Å². The number of carbonyl (C=O) groups is 2. The summed E-state index contributed by atoms with van der Waals surface area (Å²) in [7, 11) is 1.29. The van der Waals surface area contributed by atoms with Crippen molar-refractivity contribution in [3.8, 4) is 0 Å². The van der Waals surface area contributed by atoms with Crippen LogP contribution in [0, 0.1) is 0 Å². The molecule has 1 saturated heterocycles. The molecule has 0 bridgehead atoms. The highest BCUT2D eigenvalue weighted by Gasteiger charge is 2.36. The summed E-state index contributed by atoms with van der Waals surface area (Å²) in [6, 6.07) is 0. The summed E-state index contributed by atoms with van der Waals surface area (Å²) < 4.78 is 20.4. The second-order valence-corrected chi connectivity index (χ2v) is 3.74. The van der Waals surface area contributed by atoms with E-state index in [1.54, 1.807) is 0 Å². The zero-order valence-electron chi connectivity index (χ0n) is 10.3. The molecule has 1 fully saturated rings. The van der Waals surface area contributed by atoms with Gasteiger partial charge in [0.25, 0.3) is 0 Å². The minimum absolute atomic E-state index is 0.301. The van der Waals surface area contributed by atoms with Gasteiger partial charge in [-0.3, -0.25) is 4.79 Å². The van der Waals surface area contributed by atoms with Gasteiger partial charge < -0.3 is 18.9 Å². The maximum absolute atomic E-state index is 11.4. The highest BCUT2D eigenvalue weighted by atomic mass is 16.7. The lowest BCUT2D eigenvalue weighted by atomic mass is 10.0. The van der Waals surface area contributed by atoms with Gasteiger partial charge in [-0.05, 0) is 6.92 Å². The first-order valence-electron chi connectivity index (χ1n) is 5.59. The summed E-state index contributed by atoms with van der Waals surface area (Å²) in [6.45, 7) is 3.62. The Bertz CT molecular complexity index is 277. The van der Waals surface area contributed by atoms with Gasteiger partial charge in [0.2, 0.25) is 0 Å². The summed E-state index contributed by atoms with van der Waals surface area (Å²) in [5.74, 6) is -0.859. The van der Waals surface area contributed by atoms with E-state index in [9.17, 15) is 9.59 Å². The average molecular weight is 246 g/mol. The summed E-state index contributed by atoms with van der Waals surface area (Å²) in [4.78, 5) is 22.3. The van der Waals surface area contributed by atoms with E-state index in [1.165, 1.54) is 14.0 Å². The van der Waals surface area contributed by atoms with Crippen molar-refractivity contribution in [3.05, 3.63) is 0 Å². The third-order valence-electron chi connectivity index (χ3n) is 2.40. The topological polar surface area (TPSA) is 71.1 Å². The third kappa shape index (κ3) is 4.32. The van der Waals surface area contributed by atoms with Crippen LogP contribution in [0.2, 0.25) is 0 Å². The summed E-state index contributed by atoms with van der Waals surface area (Å²) in [5, 5.41) is 0. The number of rotatable bonds is 4. The number of esters is 2. The molecule has 0 saturated carbocycles. The zero-order chi connectivity index (χ0) is 12.8. The van der Waals surface area contributed by atoms with Crippen LogP contribution in [0.4, 0.5) is 0 Å². The molecular formula is C11H18O6. The predicted molar refractivity (Wildman–Crippen MR) is 57.1 cm³/mol. The molecule has 6 heteroatoms. The van der Waals surface area contributed by atoms with Gasteiger partial charge in [-0.2, -0.15) is 0 Å². The maximum Gasteiger partial charge on any atom is 0.335 e. The van der Waals surface area contributed by atoms with E-state index in [2.05, 4.69) is 4.74 Å². The van der Waals surface area contributed by atoms with Crippen molar-refractivity contribution >= 4 is 11.9 Å². The van der Waals surface area contributed by atoms with Crippen LogP contribution < -0.4 is 0 Å². The second kappa shape index (κ2) is 6.56. The van der Waals surface area contributed by atoms with Gasteiger partial charge in [-0.1, -0.05) is 0 Å². The molecule has 0 aromatic rings. The molecule has 0 unspecified atom stereocenters. The summed E-state index contributed by atoms with van der Waals surface area (Å²) in [5.41, 5.74) is 0. The van der Waals surface area contributed by atoms with E-state index in [1.807, 2.05) is 6.92 Å². The molecule has 6 nitrogen and oxygen atoms in total. The second-order valence-electron chi connectivity index (χ2n) is 3.74. The fourth-order valence-corrected chi connectivity index (χ4v) is 1.75. The molecule has 0 aromatic heterocycles. The highest BCUT2D eigenvalue weighted by Crippen LogP contribution is 2.23. The van der Waals surface area contributed by atoms with Crippen molar-refractivity contribution < 1.29 is 28.5 Å². The number of carbonyl (C=O) groups excluding carboxylic acids is 2. The Balaban J connectivity index is 2.61. The molecule has 1 aliphatic heterocycles. The van der Waals surface area contributed by atoms with Gasteiger partial charge in [0.1, 0.15) is 6.10 Å². The lowest BCUT2D eigenvalue weighted by Crippen LogP contribution is -2.43. The van der Waals surface area contributed by atoms with E-state index in [0.29, 0.717) is 19.4 Å². The Hall–Kier alpha value is -1.14. The Morgan fingerprint density at radius 1 is 1.35 bits per heavy atom. The van der Waals surface area contributed by atoms with Crippen molar-refractivity contribution in [2.75, 3.05) is 13.7 Å². The van der Waals surface area contributed by atoms with Crippen molar-refractivity contribution in [1.82, 2.24) is 0 Å². The Labute approximate surface area is 100 Å². The van der Waals surface area contributed by atoms with Crippen molar-refractivity contribution in [2.45, 2.75) is 45.2 Å². The number of ether oxygens (including phenoxy) is 4. The molecule has 98 valence electrons. The van der Waals surface area contributed by atoms with Crippen LogP contribution in [0.3, 0.4) is 0 Å². The van der Waals surface area contributed by atoms with Crippen molar-refractivity contribution in [2.24, 2.45) is 0 Å². The molecule has 0 spiro atoms. The first-order chi connectivity index (χ1) is 8.06.